The Balaban J connectivity index is 2.21. The maximum Gasteiger partial charge on any atom is 0.159 e. The fraction of sp³-hybridized carbons (Fsp3) is 0.200. The molecule has 5 heteroatoms. The van der Waals surface area contributed by atoms with Crippen LogP contribution in [0.2, 0.25) is 0 Å². The molecule has 0 amide bonds. The maximum absolute atomic E-state index is 13.2. The second-order valence-electron chi connectivity index (χ2n) is 4.28. The molecule has 0 heterocycles. The van der Waals surface area contributed by atoms with Gasteiger partial charge in [0.2, 0.25) is 0 Å². The van der Waals surface area contributed by atoms with E-state index in [0.717, 1.165) is 12.1 Å². The maximum atomic E-state index is 13.2. The average Bonchev–Trinajstić information content (AvgIpc) is 2.48. The molecule has 0 bridgehead atoms. The van der Waals surface area contributed by atoms with Crippen molar-refractivity contribution in [2.75, 3.05) is 19.0 Å². The van der Waals surface area contributed by atoms with Gasteiger partial charge in [0.05, 0.1) is 19.8 Å². The van der Waals surface area contributed by atoms with Crippen LogP contribution in [0.3, 0.4) is 0 Å². The Labute approximate surface area is 115 Å². The minimum Gasteiger partial charge on any atom is -0.497 e. The number of benzene rings is 2. The molecule has 0 radical (unpaired) electrons. The van der Waals surface area contributed by atoms with Gasteiger partial charge in [0.25, 0.3) is 0 Å². The smallest absolute Gasteiger partial charge is 0.159 e. The second kappa shape index (κ2) is 6.34. The topological polar surface area (TPSA) is 41.5 Å². The van der Waals surface area contributed by atoms with E-state index in [9.17, 15) is 13.9 Å². The molecule has 1 unspecified atom stereocenters. The molecule has 106 valence electrons. The summed E-state index contributed by atoms with van der Waals surface area (Å²) in [5.41, 5.74) is 1.18. The van der Waals surface area contributed by atoms with Gasteiger partial charge >= 0.3 is 0 Å². The molecule has 20 heavy (non-hydrogen) atoms. The van der Waals surface area contributed by atoms with Crippen molar-refractivity contribution in [2.45, 2.75) is 6.04 Å². The van der Waals surface area contributed by atoms with Crippen LogP contribution in [0.1, 0.15) is 11.6 Å². The molecule has 0 aromatic heterocycles. The van der Waals surface area contributed by atoms with Gasteiger partial charge in [-0.3, -0.25) is 0 Å². The number of halogens is 2. The van der Waals surface area contributed by atoms with Gasteiger partial charge in [-0.15, -0.1) is 0 Å². The SMILES string of the molecule is COc1cccc(NC(CO)c2ccc(F)c(F)c2)c1. The molecule has 3 nitrogen and oxygen atoms in total. The van der Waals surface area contributed by atoms with Crippen molar-refractivity contribution in [3.8, 4) is 5.75 Å². The summed E-state index contributed by atoms with van der Waals surface area (Å²) in [6.07, 6.45) is 0. The third-order valence-corrected chi connectivity index (χ3v) is 2.94. The van der Waals surface area contributed by atoms with Crippen molar-refractivity contribution >= 4 is 5.69 Å². The number of nitrogens with one attached hydrogen (secondary N) is 1. The number of methoxy groups -OCH3 is 1. The first-order valence-electron chi connectivity index (χ1n) is 6.10. The van der Waals surface area contributed by atoms with Crippen LogP contribution in [0.15, 0.2) is 42.5 Å². The van der Waals surface area contributed by atoms with Crippen LogP contribution in [0.5, 0.6) is 5.75 Å². The third kappa shape index (κ3) is 3.24. The predicted molar refractivity (Wildman–Crippen MR) is 72.8 cm³/mol. The number of rotatable bonds is 5. The van der Waals surface area contributed by atoms with Gasteiger partial charge in [-0.25, -0.2) is 8.78 Å². The van der Waals surface area contributed by atoms with Crippen molar-refractivity contribution in [1.82, 2.24) is 0 Å². The Kier molecular flexibility index (Phi) is 4.53. The summed E-state index contributed by atoms with van der Waals surface area (Å²) >= 11 is 0. The number of ether oxygens (including phenoxy) is 1. The Hall–Kier alpha value is -2.14. The van der Waals surface area contributed by atoms with E-state index < -0.39 is 17.7 Å². The van der Waals surface area contributed by atoms with E-state index >= 15 is 0 Å². The van der Waals surface area contributed by atoms with Crippen LogP contribution in [-0.4, -0.2) is 18.8 Å². The van der Waals surface area contributed by atoms with E-state index in [2.05, 4.69) is 5.32 Å². The highest BCUT2D eigenvalue weighted by Gasteiger charge is 2.13. The van der Waals surface area contributed by atoms with Crippen molar-refractivity contribution in [3.05, 3.63) is 59.7 Å². The van der Waals surface area contributed by atoms with E-state index in [1.54, 1.807) is 31.4 Å². The molecular weight excluding hydrogens is 264 g/mol. The van der Waals surface area contributed by atoms with Crippen LogP contribution in [0, 0.1) is 11.6 Å². The highest BCUT2D eigenvalue weighted by atomic mass is 19.2. The van der Waals surface area contributed by atoms with Crippen molar-refractivity contribution in [1.29, 1.82) is 0 Å². The Morgan fingerprint density at radius 3 is 2.60 bits per heavy atom. The van der Waals surface area contributed by atoms with Gasteiger partial charge in [0, 0.05) is 11.8 Å². The van der Waals surface area contributed by atoms with Crippen LogP contribution in [-0.2, 0) is 0 Å². The molecule has 0 saturated heterocycles. The number of anilines is 1. The summed E-state index contributed by atoms with van der Waals surface area (Å²) in [5.74, 6) is -1.18. The van der Waals surface area contributed by atoms with Gasteiger partial charge < -0.3 is 15.2 Å². The van der Waals surface area contributed by atoms with Crippen LogP contribution >= 0.6 is 0 Å². The molecule has 1 atom stereocenters. The standard InChI is InChI=1S/C15H15F2NO2/c1-20-12-4-2-3-11(8-12)18-15(9-19)10-5-6-13(16)14(17)7-10/h2-8,15,18-19H,9H2,1H3. The highest BCUT2D eigenvalue weighted by molar-refractivity contribution is 5.50. The van der Waals surface area contributed by atoms with Gasteiger partial charge in [-0.1, -0.05) is 12.1 Å². The lowest BCUT2D eigenvalue weighted by Crippen LogP contribution is -2.15. The third-order valence-electron chi connectivity index (χ3n) is 2.94. The molecular formula is C15H15F2NO2. The van der Waals surface area contributed by atoms with Crippen molar-refractivity contribution in [3.63, 3.8) is 0 Å². The molecule has 0 fully saturated rings. The lowest BCUT2D eigenvalue weighted by molar-refractivity contribution is 0.276. The molecule has 2 rings (SSSR count). The highest BCUT2D eigenvalue weighted by Crippen LogP contribution is 2.23. The monoisotopic (exact) mass is 279 g/mol. The zero-order chi connectivity index (χ0) is 14.5. The van der Waals surface area contributed by atoms with Crippen molar-refractivity contribution < 1.29 is 18.6 Å². The first-order valence-corrected chi connectivity index (χ1v) is 6.10. The molecule has 2 aromatic carbocycles. The van der Waals surface area contributed by atoms with E-state index in [4.69, 9.17) is 4.74 Å². The summed E-state index contributed by atoms with van der Waals surface area (Å²) in [4.78, 5) is 0. The zero-order valence-corrected chi connectivity index (χ0v) is 10.9. The van der Waals surface area contributed by atoms with Gasteiger partial charge in [0.1, 0.15) is 5.75 Å². The Bertz CT molecular complexity index is 590. The normalized spacial score (nSPS) is 12.0. The minimum atomic E-state index is -0.937. The van der Waals surface area contributed by atoms with E-state index in [1.165, 1.54) is 6.07 Å². The molecule has 0 aliphatic heterocycles. The Morgan fingerprint density at radius 2 is 1.95 bits per heavy atom. The van der Waals surface area contributed by atoms with Crippen LogP contribution in [0.25, 0.3) is 0 Å². The molecule has 0 aliphatic rings. The second-order valence-corrected chi connectivity index (χ2v) is 4.28. The summed E-state index contributed by atoms with van der Waals surface area (Å²) in [6, 6.07) is 10.2. The van der Waals surface area contributed by atoms with Gasteiger partial charge in [-0.05, 0) is 29.8 Å². The lowest BCUT2D eigenvalue weighted by atomic mass is 10.1. The fourth-order valence-electron chi connectivity index (χ4n) is 1.88. The Morgan fingerprint density at radius 1 is 1.15 bits per heavy atom. The first kappa shape index (κ1) is 14.3. The van der Waals surface area contributed by atoms with E-state index in [0.29, 0.717) is 17.0 Å². The first-order chi connectivity index (χ1) is 9.63. The number of hydrogen-bond acceptors (Lipinski definition) is 3. The van der Waals surface area contributed by atoms with E-state index in [1.807, 2.05) is 0 Å². The van der Waals surface area contributed by atoms with Crippen molar-refractivity contribution in [2.24, 2.45) is 0 Å². The van der Waals surface area contributed by atoms with E-state index in [-0.39, 0.29) is 6.61 Å². The molecule has 2 aromatic rings. The average molecular weight is 279 g/mol. The zero-order valence-electron chi connectivity index (χ0n) is 10.9. The largest absolute Gasteiger partial charge is 0.497 e. The quantitative estimate of drug-likeness (QED) is 0.883. The van der Waals surface area contributed by atoms with Gasteiger partial charge in [0.15, 0.2) is 11.6 Å². The lowest BCUT2D eigenvalue weighted by Gasteiger charge is -2.18. The number of aliphatic hydroxyl groups excluding tert-OH is 1. The molecule has 0 spiro atoms. The summed E-state index contributed by atoms with van der Waals surface area (Å²) < 4.78 is 31.2. The summed E-state index contributed by atoms with van der Waals surface area (Å²) in [7, 11) is 1.55. The van der Waals surface area contributed by atoms with Crippen LogP contribution in [0.4, 0.5) is 14.5 Å². The van der Waals surface area contributed by atoms with Crippen LogP contribution < -0.4 is 10.1 Å². The van der Waals surface area contributed by atoms with Gasteiger partial charge in [-0.2, -0.15) is 0 Å². The molecule has 0 aliphatic carbocycles. The summed E-state index contributed by atoms with van der Waals surface area (Å²) in [5, 5.41) is 12.5. The summed E-state index contributed by atoms with van der Waals surface area (Å²) in [6.45, 7) is -0.248. The fourth-order valence-corrected chi connectivity index (χ4v) is 1.88. The molecule has 0 saturated carbocycles. The molecule has 2 N–H and O–H groups in total. The predicted octanol–water partition coefficient (Wildman–Crippen LogP) is 3.12. The number of hydrogen-bond donors (Lipinski definition) is 2. The minimum absolute atomic E-state index is 0.248. The number of aliphatic hydroxyl groups is 1.